The van der Waals surface area contributed by atoms with Gasteiger partial charge in [-0.1, -0.05) is 39.8 Å². The first-order chi connectivity index (χ1) is 13.7. The smallest absolute Gasteiger partial charge is 0.259 e. The quantitative estimate of drug-likeness (QED) is 0.224. The molecule has 1 aliphatic rings. The maximum absolute atomic E-state index is 8.95. The zero-order chi connectivity index (χ0) is 21.6. The summed E-state index contributed by atoms with van der Waals surface area (Å²) >= 11 is 0. The van der Waals surface area contributed by atoms with Crippen LogP contribution in [0.4, 0.5) is 0 Å². The molecule has 5 nitrogen and oxygen atoms in total. The third kappa shape index (κ3) is 6.26. The average molecular weight is 457 g/mol. The van der Waals surface area contributed by atoms with Gasteiger partial charge in [0.15, 0.2) is 0 Å². The van der Waals surface area contributed by atoms with Crippen LogP contribution < -0.4 is 4.74 Å². The predicted octanol–water partition coefficient (Wildman–Crippen LogP) is 6.57. The van der Waals surface area contributed by atoms with Gasteiger partial charge in [-0.15, -0.1) is 0 Å². The Morgan fingerprint density at radius 2 is 1.86 bits per heavy atom. The van der Waals surface area contributed by atoms with E-state index >= 15 is 0 Å². The van der Waals surface area contributed by atoms with Crippen molar-refractivity contribution in [3.05, 3.63) is 29.8 Å². The van der Waals surface area contributed by atoms with Crippen molar-refractivity contribution in [3.8, 4) is 11.8 Å². The van der Waals surface area contributed by atoms with Gasteiger partial charge in [-0.3, -0.25) is 0 Å². The van der Waals surface area contributed by atoms with Gasteiger partial charge >= 0.3 is 0 Å². The van der Waals surface area contributed by atoms with Crippen LogP contribution in [0.2, 0.25) is 0 Å². The van der Waals surface area contributed by atoms with Crippen LogP contribution in [0.3, 0.4) is 0 Å². The van der Waals surface area contributed by atoms with E-state index in [0.717, 1.165) is 11.3 Å². The Kier molecular flexibility index (Phi) is 9.60. The molecular weight excluding hydrogens is 423 g/mol. The average Bonchev–Trinajstić information content (AvgIpc) is 2.95. The van der Waals surface area contributed by atoms with Gasteiger partial charge in [0, 0.05) is 22.4 Å². The van der Waals surface area contributed by atoms with Gasteiger partial charge < -0.3 is 13.8 Å². The van der Waals surface area contributed by atoms with Crippen LogP contribution in [0, 0.1) is 11.3 Å². The fourth-order valence-corrected chi connectivity index (χ4v) is 8.83. The summed E-state index contributed by atoms with van der Waals surface area (Å²) in [6, 6.07) is 10.9. The minimum atomic E-state index is -1.30. The summed E-state index contributed by atoms with van der Waals surface area (Å²) in [5, 5.41) is 9.09. The molecule has 0 aliphatic carbocycles. The number of benzene rings is 1. The Morgan fingerprint density at radius 1 is 1.21 bits per heavy atom. The summed E-state index contributed by atoms with van der Waals surface area (Å²) in [4.78, 5) is 0. The minimum Gasteiger partial charge on any atom is -0.496 e. The molecule has 0 saturated carbocycles. The highest BCUT2D eigenvalue weighted by Gasteiger charge is 2.49. The lowest BCUT2D eigenvalue weighted by atomic mass is 9.97. The fourth-order valence-electron chi connectivity index (χ4n) is 3.33. The number of para-hydroxylation sites is 1. The molecule has 0 radical (unpaired) electrons. The van der Waals surface area contributed by atoms with Crippen molar-refractivity contribution in [2.45, 2.75) is 76.1 Å². The van der Waals surface area contributed by atoms with Crippen LogP contribution in [0.25, 0.3) is 0 Å². The molecule has 29 heavy (non-hydrogen) atoms. The van der Waals surface area contributed by atoms with Crippen molar-refractivity contribution < 1.29 is 13.8 Å². The second kappa shape index (κ2) is 11.2. The third-order valence-corrected chi connectivity index (χ3v) is 10.4. The van der Waals surface area contributed by atoms with Gasteiger partial charge in [-0.05, 0) is 47.6 Å². The van der Waals surface area contributed by atoms with Crippen molar-refractivity contribution in [3.63, 3.8) is 0 Å². The number of rotatable bonds is 10. The van der Waals surface area contributed by atoms with E-state index in [0.29, 0.717) is 13.0 Å². The predicted molar refractivity (Wildman–Crippen MR) is 125 cm³/mol. The number of nitriles is 1. The molecule has 162 valence electrons. The normalized spacial score (nSPS) is 22.2. The largest absolute Gasteiger partial charge is 0.496 e. The molecule has 0 spiro atoms. The molecule has 1 aromatic carbocycles. The van der Waals surface area contributed by atoms with Crippen LogP contribution in [-0.2, 0) is 9.05 Å². The maximum atomic E-state index is 8.95. The van der Waals surface area contributed by atoms with Crippen molar-refractivity contribution in [1.29, 1.82) is 5.26 Å². The summed E-state index contributed by atoms with van der Waals surface area (Å²) in [6.45, 7) is 13.5. The summed E-state index contributed by atoms with van der Waals surface area (Å²) in [5.41, 5.74) is 1.15. The zero-order valence-electron chi connectivity index (χ0n) is 18.4. The molecule has 1 aliphatic heterocycles. The van der Waals surface area contributed by atoms with E-state index in [1.165, 1.54) is 0 Å². The number of methoxy groups -OCH3 is 1. The van der Waals surface area contributed by atoms with Crippen molar-refractivity contribution in [1.82, 2.24) is 4.67 Å². The second-order valence-electron chi connectivity index (χ2n) is 8.02. The molecule has 3 atom stereocenters. The fraction of sp³-hybridized carbons (Fsp3) is 0.667. The number of hydrogen-bond donors (Lipinski definition) is 0. The molecule has 1 unspecified atom stereocenters. The highest BCUT2D eigenvalue weighted by Crippen LogP contribution is 2.63. The highest BCUT2D eigenvalue weighted by molar-refractivity contribution is 8.77. The summed E-state index contributed by atoms with van der Waals surface area (Å²) in [7, 11) is 4.10. The van der Waals surface area contributed by atoms with E-state index in [1.807, 2.05) is 39.8 Å². The standard InChI is InChI=1S/C21H33N2O3PS2/c1-15(2)23(16(3)4)27(25-14-10-13-22)26-20-19(28-29-21(20,5)6)17-11-8-9-12-18(17)24-7/h8-9,11-12,15-16,19-20H,10,14H2,1-7H3/t19-,20-,27?/m0/s1. The van der Waals surface area contributed by atoms with Gasteiger partial charge in [-0.2, -0.15) is 5.26 Å². The molecule has 1 saturated heterocycles. The molecule has 1 heterocycles. The van der Waals surface area contributed by atoms with E-state index < -0.39 is 8.53 Å². The van der Waals surface area contributed by atoms with Crippen LogP contribution in [0.15, 0.2) is 24.3 Å². The topological polar surface area (TPSA) is 54.7 Å². The molecule has 0 aromatic heterocycles. The first-order valence-electron chi connectivity index (χ1n) is 9.95. The van der Waals surface area contributed by atoms with Crippen LogP contribution in [0.5, 0.6) is 5.75 Å². The Bertz CT molecular complexity index is 689. The van der Waals surface area contributed by atoms with Gasteiger partial charge in [0.25, 0.3) is 8.53 Å². The van der Waals surface area contributed by atoms with Crippen LogP contribution in [0.1, 0.15) is 58.8 Å². The SMILES string of the molecule is COc1ccccc1[C@@H]1SSC(C)(C)[C@H]1OP(OCCC#N)N(C(C)C)C(C)C. The first kappa shape index (κ1) is 24.8. The molecule has 2 rings (SSSR count). The van der Waals surface area contributed by atoms with Crippen LogP contribution >= 0.6 is 30.1 Å². The minimum absolute atomic E-state index is 0.0537. The van der Waals surface area contributed by atoms with Gasteiger partial charge in [0.05, 0.1) is 37.6 Å². The molecule has 0 N–H and O–H groups in total. The Morgan fingerprint density at radius 3 is 2.45 bits per heavy atom. The lowest BCUT2D eigenvalue weighted by Crippen LogP contribution is -2.39. The summed E-state index contributed by atoms with van der Waals surface area (Å²) < 4.78 is 20.8. The molecule has 0 bridgehead atoms. The van der Waals surface area contributed by atoms with Gasteiger partial charge in [0.2, 0.25) is 0 Å². The first-order valence-corrected chi connectivity index (χ1v) is 13.3. The van der Waals surface area contributed by atoms with E-state index in [-0.39, 0.29) is 28.2 Å². The maximum Gasteiger partial charge on any atom is 0.259 e. The van der Waals surface area contributed by atoms with Crippen molar-refractivity contribution in [2.24, 2.45) is 0 Å². The lowest BCUT2D eigenvalue weighted by Gasteiger charge is -2.39. The van der Waals surface area contributed by atoms with Crippen molar-refractivity contribution >= 4 is 30.1 Å². The van der Waals surface area contributed by atoms with E-state index in [2.05, 4.69) is 58.3 Å². The molecule has 1 aromatic rings. The Balaban J connectivity index is 2.35. The highest BCUT2D eigenvalue weighted by atomic mass is 33.1. The zero-order valence-corrected chi connectivity index (χ0v) is 20.9. The molecule has 1 fully saturated rings. The molecular formula is C21H33N2O3PS2. The Hall–Kier alpha value is -0.480. The van der Waals surface area contributed by atoms with Gasteiger partial charge in [-0.25, -0.2) is 4.67 Å². The van der Waals surface area contributed by atoms with E-state index in [9.17, 15) is 0 Å². The van der Waals surface area contributed by atoms with E-state index in [1.54, 1.807) is 7.11 Å². The summed E-state index contributed by atoms with van der Waals surface area (Å²) in [6.07, 6.45) is 0.307. The molecule has 8 heteroatoms. The van der Waals surface area contributed by atoms with Crippen molar-refractivity contribution in [2.75, 3.05) is 13.7 Å². The summed E-state index contributed by atoms with van der Waals surface area (Å²) in [5.74, 6) is 0.885. The lowest BCUT2D eigenvalue weighted by molar-refractivity contribution is 0.114. The Labute approximate surface area is 185 Å². The second-order valence-corrected chi connectivity index (χ2v) is 12.4. The number of nitrogens with zero attached hydrogens (tertiary/aromatic N) is 2. The monoisotopic (exact) mass is 456 g/mol. The third-order valence-electron chi connectivity index (χ3n) is 4.64. The molecule has 0 amide bonds. The van der Waals surface area contributed by atoms with Crippen LogP contribution in [-0.4, -0.2) is 41.3 Å². The number of ether oxygens (including phenoxy) is 1. The van der Waals surface area contributed by atoms with Gasteiger partial charge in [0.1, 0.15) is 5.75 Å². The number of hydrogen-bond acceptors (Lipinski definition) is 7. The van der Waals surface area contributed by atoms with E-state index in [4.69, 9.17) is 19.0 Å².